The van der Waals surface area contributed by atoms with Crippen molar-refractivity contribution in [3.05, 3.63) is 49.7 Å². The van der Waals surface area contributed by atoms with Crippen molar-refractivity contribution in [1.29, 1.82) is 0 Å². The van der Waals surface area contributed by atoms with Gasteiger partial charge in [0, 0.05) is 17.8 Å². The number of anilines is 1. The van der Waals surface area contributed by atoms with Gasteiger partial charge in [-0.05, 0) is 12.1 Å². The molecule has 0 atom stereocenters. The van der Waals surface area contributed by atoms with E-state index in [1.165, 1.54) is 7.11 Å². The molecule has 6 nitrogen and oxygen atoms in total. The molecule has 1 N–H and O–H groups in total. The summed E-state index contributed by atoms with van der Waals surface area (Å²) in [6, 6.07) is 7.94. The van der Waals surface area contributed by atoms with Crippen molar-refractivity contribution in [2.75, 3.05) is 12.4 Å². The van der Waals surface area contributed by atoms with Crippen LogP contribution >= 0.6 is 22.9 Å². The van der Waals surface area contributed by atoms with Crippen LogP contribution < -0.4 is 10.1 Å². The lowest BCUT2D eigenvalue weighted by molar-refractivity contribution is -0.384. The van der Waals surface area contributed by atoms with Crippen LogP contribution in [-0.2, 0) is 0 Å². The van der Waals surface area contributed by atoms with Gasteiger partial charge in [-0.2, -0.15) is 0 Å². The third kappa shape index (κ3) is 3.06. The Morgan fingerprint density at radius 2 is 2.20 bits per heavy atom. The monoisotopic (exact) mass is 312 g/mol. The maximum absolute atomic E-state index is 12.0. The lowest BCUT2D eigenvalue weighted by atomic mass is 10.3. The van der Waals surface area contributed by atoms with Gasteiger partial charge < -0.3 is 10.1 Å². The first-order valence-corrected chi connectivity index (χ1v) is 6.60. The van der Waals surface area contributed by atoms with Crippen molar-refractivity contribution in [2.45, 2.75) is 0 Å². The van der Waals surface area contributed by atoms with Crippen molar-refractivity contribution in [1.82, 2.24) is 0 Å². The Kier molecular flexibility index (Phi) is 4.21. The van der Waals surface area contributed by atoms with Crippen LogP contribution in [0.1, 0.15) is 9.67 Å². The largest absolute Gasteiger partial charge is 0.497 e. The standard InChI is InChI=1S/C12H9ClN2O4S/c1-19-8-4-2-3-7(5-8)14-12(16)10-6-9(15(17)18)11(13)20-10/h2-6H,1H3,(H,14,16). The minimum atomic E-state index is -0.624. The molecule has 0 aliphatic rings. The normalized spacial score (nSPS) is 10.1. The Morgan fingerprint density at radius 1 is 1.45 bits per heavy atom. The summed E-state index contributed by atoms with van der Waals surface area (Å²) in [6.45, 7) is 0. The Labute approximate surface area is 123 Å². The molecule has 1 amide bonds. The maximum Gasteiger partial charge on any atom is 0.299 e. The molecule has 1 aromatic carbocycles. The second kappa shape index (κ2) is 5.89. The summed E-state index contributed by atoms with van der Waals surface area (Å²) in [4.78, 5) is 22.2. The lowest BCUT2D eigenvalue weighted by Crippen LogP contribution is -2.10. The molecule has 0 fully saturated rings. The van der Waals surface area contributed by atoms with Crippen molar-refractivity contribution >= 4 is 40.2 Å². The van der Waals surface area contributed by atoms with E-state index in [2.05, 4.69) is 5.32 Å². The van der Waals surface area contributed by atoms with Gasteiger partial charge >= 0.3 is 0 Å². The van der Waals surface area contributed by atoms with E-state index in [-0.39, 0.29) is 14.9 Å². The summed E-state index contributed by atoms with van der Waals surface area (Å²) in [6.07, 6.45) is 0. The highest BCUT2D eigenvalue weighted by molar-refractivity contribution is 7.18. The molecule has 2 rings (SSSR count). The summed E-state index contributed by atoms with van der Waals surface area (Å²) in [7, 11) is 1.52. The summed E-state index contributed by atoms with van der Waals surface area (Å²) in [5.74, 6) is 0.135. The van der Waals surface area contributed by atoms with Crippen molar-refractivity contribution in [3.8, 4) is 5.75 Å². The number of nitrogens with zero attached hydrogens (tertiary/aromatic N) is 1. The summed E-state index contributed by atoms with van der Waals surface area (Å²) in [5, 5.41) is 13.3. The number of carbonyl (C=O) groups excluding carboxylic acids is 1. The molecular formula is C12H9ClN2O4S. The minimum absolute atomic E-state index is 0.0224. The second-order valence-electron chi connectivity index (χ2n) is 3.71. The first kappa shape index (κ1) is 14.3. The predicted molar refractivity (Wildman–Crippen MR) is 76.9 cm³/mol. The molecule has 1 aromatic heterocycles. The number of nitro groups is 1. The number of rotatable bonds is 4. The molecule has 0 saturated heterocycles. The molecule has 0 radical (unpaired) electrons. The minimum Gasteiger partial charge on any atom is -0.497 e. The molecule has 8 heteroatoms. The quantitative estimate of drug-likeness (QED) is 0.691. The molecule has 104 valence electrons. The third-order valence-electron chi connectivity index (χ3n) is 2.42. The van der Waals surface area contributed by atoms with Crippen molar-refractivity contribution in [3.63, 3.8) is 0 Å². The Balaban J connectivity index is 2.19. The van der Waals surface area contributed by atoms with Gasteiger partial charge in [0.05, 0.1) is 12.0 Å². The average molecular weight is 313 g/mol. The van der Waals surface area contributed by atoms with E-state index in [0.29, 0.717) is 11.4 Å². The fourth-order valence-electron chi connectivity index (χ4n) is 1.49. The Bertz CT molecular complexity index is 671. The second-order valence-corrected chi connectivity index (χ2v) is 5.37. The number of halogens is 1. The first-order chi connectivity index (χ1) is 9.51. The van der Waals surface area contributed by atoms with Crippen LogP contribution in [0.2, 0.25) is 4.34 Å². The van der Waals surface area contributed by atoms with E-state index < -0.39 is 10.8 Å². The van der Waals surface area contributed by atoms with Gasteiger partial charge in [0.1, 0.15) is 10.6 Å². The number of nitrogens with one attached hydrogen (secondary N) is 1. The van der Waals surface area contributed by atoms with Crippen LogP contribution in [0.5, 0.6) is 5.75 Å². The first-order valence-electron chi connectivity index (χ1n) is 5.40. The maximum atomic E-state index is 12.0. The van der Waals surface area contributed by atoms with Crippen molar-refractivity contribution in [2.24, 2.45) is 0 Å². The highest BCUT2D eigenvalue weighted by atomic mass is 35.5. The van der Waals surface area contributed by atoms with Gasteiger partial charge in [-0.1, -0.05) is 17.7 Å². The third-order valence-corrected chi connectivity index (χ3v) is 3.75. The van der Waals surface area contributed by atoms with E-state index in [1.54, 1.807) is 24.3 Å². The fourth-order valence-corrected chi connectivity index (χ4v) is 2.61. The van der Waals surface area contributed by atoms with E-state index >= 15 is 0 Å². The van der Waals surface area contributed by atoms with Crippen LogP contribution in [0, 0.1) is 10.1 Å². The van der Waals surface area contributed by atoms with Gasteiger partial charge in [-0.15, -0.1) is 11.3 Å². The van der Waals surface area contributed by atoms with Gasteiger partial charge in [0.2, 0.25) is 0 Å². The zero-order valence-corrected chi connectivity index (χ0v) is 11.8. The number of carbonyl (C=O) groups is 1. The SMILES string of the molecule is COc1cccc(NC(=O)c2cc([N+](=O)[O-])c(Cl)s2)c1. The summed E-state index contributed by atoms with van der Waals surface area (Å²) >= 11 is 6.57. The number of amides is 1. The van der Waals surface area contributed by atoms with Crippen LogP contribution in [-0.4, -0.2) is 17.9 Å². The highest BCUT2D eigenvalue weighted by Gasteiger charge is 2.21. The molecule has 0 bridgehead atoms. The van der Waals surface area contributed by atoms with Crippen LogP contribution in [0.15, 0.2) is 30.3 Å². The van der Waals surface area contributed by atoms with E-state index in [1.807, 2.05) is 0 Å². The van der Waals surface area contributed by atoms with E-state index in [4.69, 9.17) is 16.3 Å². The Morgan fingerprint density at radius 3 is 2.80 bits per heavy atom. The lowest BCUT2D eigenvalue weighted by Gasteiger charge is -2.05. The average Bonchev–Trinajstić information content (AvgIpc) is 2.81. The zero-order chi connectivity index (χ0) is 14.7. The number of methoxy groups -OCH3 is 1. The zero-order valence-electron chi connectivity index (χ0n) is 10.3. The van der Waals surface area contributed by atoms with Crippen LogP contribution in [0.25, 0.3) is 0 Å². The van der Waals surface area contributed by atoms with Gasteiger partial charge in [0.15, 0.2) is 4.34 Å². The van der Waals surface area contributed by atoms with Crippen molar-refractivity contribution < 1.29 is 14.5 Å². The fraction of sp³-hybridized carbons (Fsp3) is 0.0833. The molecule has 0 aliphatic carbocycles. The number of benzene rings is 1. The Hall–Kier alpha value is -2.12. The van der Waals surface area contributed by atoms with Crippen LogP contribution in [0.4, 0.5) is 11.4 Å². The highest BCUT2D eigenvalue weighted by Crippen LogP contribution is 2.34. The van der Waals surface area contributed by atoms with Crippen LogP contribution in [0.3, 0.4) is 0 Å². The molecular weight excluding hydrogens is 304 g/mol. The van der Waals surface area contributed by atoms with Gasteiger partial charge in [0.25, 0.3) is 11.6 Å². The summed E-state index contributed by atoms with van der Waals surface area (Å²) < 4.78 is 5.02. The number of thiophene rings is 1. The molecule has 0 aliphatic heterocycles. The van der Waals surface area contributed by atoms with Gasteiger partial charge in [-0.25, -0.2) is 0 Å². The molecule has 1 heterocycles. The molecule has 0 saturated carbocycles. The number of ether oxygens (including phenoxy) is 1. The molecule has 20 heavy (non-hydrogen) atoms. The van der Waals surface area contributed by atoms with E-state index in [9.17, 15) is 14.9 Å². The molecule has 2 aromatic rings. The number of hydrogen-bond acceptors (Lipinski definition) is 5. The van der Waals surface area contributed by atoms with Gasteiger partial charge in [-0.3, -0.25) is 14.9 Å². The summed E-state index contributed by atoms with van der Waals surface area (Å²) in [5.41, 5.74) is 0.258. The number of hydrogen-bond donors (Lipinski definition) is 1. The van der Waals surface area contributed by atoms with E-state index in [0.717, 1.165) is 17.4 Å². The smallest absolute Gasteiger partial charge is 0.299 e. The molecule has 0 unspecified atom stereocenters. The predicted octanol–water partition coefficient (Wildman–Crippen LogP) is 3.57. The topological polar surface area (TPSA) is 81.5 Å². The molecule has 0 spiro atoms.